The smallest absolute Gasteiger partial charge is 0.191 e. The van der Waals surface area contributed by atoms with Gasteiger partial charge in [-0.1, -0.05) is 0 Å². The highest BCUT2D eigenvalue weighted by atomic mass is 127. The lowest BCUT2D eigenvalue weighted by molar-refractivity contribution is 0.0428. The van der Waals surface area contributed by atoms with Crippen molar-refractivity contribution in [2.75, 3.05) is 19.6 Å². The van der Waals surface area contributed by atoms with E-state index in [4.69, 9.17) is 4.42 Å². The van der Waals surface area contributed by atoms with Gasteiger partial charge in [0.1, 0.15) is 17.1 Å². The van der Waals surface area contributed by atoms with Crippen LogP contribution in [-0.4, -0.2) is 40.5 Å². The van der Waals surface area contributed by atoms with Gasteiger partial charge in [-0.3, -0.25) is 4.68 Å². The predicted octanol–water partition coefficient (Wildman–Crippen LogP) is 2.56. The highest BCUT2D eigenvalue weighted by Gasteiger charge is 2.26. The van der Waals surface area contributed by atoms with Crippen molar-refractivity contribution in [3.8, 4) is 0 Å². The van der Waals surface area contributed by atoms with Crippen LogP contribution in [0.5, 0.6) is 0 Å². The van der Waals surface area contributed by atoms with Gasteiger partial charge < -0.3 is 20.2 Å². The molecule has 1 unspecified atom stereocenters. The summed E-state index contributed by atoms with van der Waals surface area (Å²) >= 11 is 0. The number of halogens is 1. The first kappa shape index (κ1) is 23.5. The number of aromatic nitrogens is 2. The van der Waals surface area contributed by atoms with E-state index in [9.17, 15) is 5.11 Å². The average molecular weight is 489 g/mol. The molecule has 1 atom stereocenters. The van der Waals surface area contributed by atoms with Gasteiger partial charge in [0.25, 0.3) is 0 Å². The van der Waals surface area contributed by atoms with Crippen LogP contribution < -0.4 is 10.6 Å². The fraction of sp³-hybridized carbons (Fsp3) is 0.579. The summed E-state index contributed by atoms with van der Waals surface area (Å²) in [6.07, 6.45) is 0.865. The van der Waals surface area contributed by atoms with Crippen LogP contribution in [0.15, 0.2) is 21.5 Å². The van der Waals surface area contributed by atoms with Crippen LogP contribution in [0.2, 0.25) is 0 Å². The van der Waals surface area contributed by atoms with E-state index in [1.807, 2.05) is 38.6 Å². The topological polar surface area (TPSA) is 87.6 Å². The third kappa shape index (κ3) is 6.24. The van der Waals surface area contributed by atoms with E-state index in [1.165, 1.54) is 11.3 Å². The van der Waals surface area contributed by atoms with E-state index >= 15 is 0 Å². The molecule has 2 aromatic heterocycles. The monoisotopic (exact) mass is 489 g/mol. The number of nitrogens with zero attached hydrogens (tertiary/aromatic N) is 3. The lowest BCUT2D eigenvalue weighted by Gasteiger charge is -2.19. The maximum atomic E-state index is 10.6. The quantitative estimate of drug-likeness (QED) is 0.316. The molecule has 0 aromatic carbocycles. The molecule has 7 nitrogen and oxygen atoms in total. The van der Waals surface area contributed by atoms with Crippen molar-refractivity contribution >= 4 is 29.9 Å². The zero-order valence-electron chi connectivity index (χ0n) is 17.1. The first-order chi connectivity index (χ1) is 12.2. The fourth-order valence-electron chi connectivity index (χ4n) is 2.86. The summed E-state index contributed by atoms with van der Waals surface area (Å²) in [5, 5.41) is 21.6. The first-order valence-corrected chi connectivity index (χ1v) is 9.05. The summed E-state index contributed by atoms with van der Waals surface area (Å²) in [6, 6.07) is 3.63. The van der Waals surface area contributed by atoms with Crippen molar-refractivity contribution in [2.24, 2.45) is 12.0 Å². The Labute approximate surface area is 178 Å². The van der Waals surface area contributed by atoms with Gasteiger partial charge in [0.2, 0.25) is 0 Å². The highest BCUT2D eigenvalue weighted by Crippen LogP contribution is 2.23. The summed E-state index contributed by atoms with van der Waals surface area (Å²) in [4.78, 5) is 4.52. The summed E-state index contributed by atoms with van der Waals surface area (Å²) in [5.41, 5.74) is 2.36. The van der Waals surface area contributed by atoms with E-state index in [1.54, 1.807) is 13.0 Å². The molecule has 0 aliphatic rings. The van der Waals surface area contributed by atoms with Crippen molar-refractivity contribution in [1.82, 2.24) is 20.4 Å². The highest BCUT2D eigenvalue weighted by molar-refractivity contribution is 14.0. The molecule has 0 fully saturated rings. The van der Waals surface area contributed by atoms with Crippen molar-refractivity contribution in [1.29, 1.82) is 0 Å². The molecule has 2 rings (SSSR count). The molecule has 0 bridgehead atoms. The van der Waals surface area contributed by atoms with Crippen LogP contribution in [0.25, 0.3) is 0 Å². The molecule has 0 aliphatic carbocycles. The number of aliphatic imine (C=N–C) groups is 1. The largest absolute Gasteiger partial charge is 0.463 e. The third-order valence-corrected chi connectivity index (χ3v) is 4.49. The zero-order chi connectivity index (χ0) is 19.3. The van der Waals surface area contributed by atoms with Crippen LogP contribution >= 0.6 is 24.0 Å². The Kier molecular flexibility index (Phi) is 8.80. The second-order valence-corrected chi connectivity index (χ2v) is 6.83. The molecular weight excluding hydrogens is 457 g/mol. The lowest BCUT2D eigenvalue weighted by atomic mass is 10.0. The minimum absolute atomic E-state index is 0. The van der Waals surface area contributed by atoms with Crippen molar-refractivity contribution < 1.29 is 9.52 Å². The van der Waals surface area contributed by atoms with Crippen molar-refractivity contribution in [3.63, 3.8) is 0 Å². The van der Waals surface area contributed by atoms with E-state index in [0.29, 0.717) is 11.7 Å². The predicted molar refractivity (Wildman–Crippen MR) is 119 cm³/mol. The Morgan fingerprint density at radius 3 is 2.52 bits per heavy atom. The number of hydrogen-bond acceptors (Lipinski definition) is 4. The third-order valence-electron chi connectivity index (χ3n) is 4.49. The zero-order valence-corrected chi connectivity index (χ0v) is 19.4. The molecule has 0 amide bonds. The maximum absolute atomic E-state index is 10.6. The number of hydrogen-bond donors (Lipinski definition) is 3. The summed E-state index contributed by atoms with van der Waals surface area (Å²) in [7, 11) is 1.96. The van der Waals surface area contributed by atoms with Gasteiger partial charge in [-0.05, 0) is 58.7 Å². The molecule has 27 heavy (non-hydrogen) atoms. The summed E-state index contributed by atoms with van der Waals surface area (Å²) < 4.78 is 7.45. The SMILES string of the molecule is CCNC(=NCC(C)(O)c1ccc(C)o1)NCCc1c(C)nn(C)c1C.I. The van der Waals surface area contributed by atoms with Crippen LogP contribution in [0.1, 0.15) is 42.3 Å². The molecule has 152 valence electrons. The number of aryl methyl sites for hydroxylation is 3. The molecule has 0 saturated heterocycles. The number of guanidine groups is 1. The molecule has 8 heteroatoms. The molecule has 2 aromatic rings. The molecule has 3 N–H and O–H groups in total. The Morgan fingerprint density at radius 2 is 2.00 bits per heavy atom. The Bertz CT molecular complexity index is 764. The van der Waals surface area contributed by atoms with Crippen LogP contribution in [0, 0.1) is 20.8 Å². The van der Waals surface area contributed by atoms with Gasteiger partial charge in [-0.25, -0.2) is 4.99 Å². The second kappa shape index (κ2) is 10.1. The molecule has 2 heterocycles. The van der Waals surface area contributed by atoms with Gasteiger partial charge >= 0.3 is 0 Å². The first-order valence-electron chi connectivity index (χ1n) is 9.05. The van der Waals surface area contributed by atoms with E-state index < -0.39 is 5.60 Å². The summed E-state index contributed by atoms with van der Waals surface area (Å²) in [6.45, 7) is 11.4. The van der Waals surface area contributed by atoms with Crippen LogP contribution in [0.3, 0.4) is 0 Å². The molecule has 0 spiro atoms. The normalized spacial score (nSPS) is 13.8. The number of nitrogens with one attached hydrogen (secondary N) is 2. The Hall–Kier alpha value is -1.55. The van der Waals surface area contributed by atoms with Gasteiger partial charge in [0, 0.05) is 25.8 Å². The molecule has 0 aliphatic heterocycles. The average Bonchev–Trinajstić information content (AvgIpc) is 3.11. The Morgan fingerprint density at radius 1 is 1.30 bits per heavy atom. The van der Waals surface area contributed by atoms with Crippen molar-refractivity contribution in [2.45, 2.75) is 46.6 Å². The van der Waals surface area contributed by atoms with Gasteiger partial charge in [-0.2, -0.15) is 5.10 Å². The minimum atomic E-state index is -1.15. The van der Waals surface area contributed by atoms with Crippen LogP contribution in [0.4, 0.5) is 0 Å². The Balaban J connectivity index is 0.00000364. The van der Waals surface area contributed by atoms with Crippen molar-refractivity contribution in [3.05, 3.63) is 40.6 Å². The number of aliphatic hydroxyl groups is 1. The molecule has 0 saturated carbocycles. The van der Waals surface area contributed by atoms with Gasteiger partial charge in [-0.15, -0.1) is 24.0 Å². The van der Waals surface area contributed by atoms with E-state index in [0.717, 1.165) is 31.0 Å². The van der Waals surface area contributed by atoms with E-state index in [2.05, 4.69) is 27.6 Å². The second-order valence-electron chi connectivity index (χ2n) is 6.83. The van der Waals surface area contributed by atoms with Gasteiger partial charge in [0.15, 0.2) is 5.96 Å². The lowest BCUT2D eigenvalue weighted by Crippen LogP contribution is -2.39. The minimum Gasteiger partial charge on any atom is -0.463 e. The number of rotatable bonds is 7. The molecule has 0 radical (unpaired) electrons. The summed E-state index contributed by atoms with van der Waals surface area (Å²) in [5.74, 6) is 1.97. The standard InChI is InChI=1S/C19H31N5O2.HI/c1-7-20-18(21-11-10-16-14(3)23-24(6)15(16)4)22-12-19(5,25)17-9-8-13(2)26-17;/h8-9,25H,7,10-12H2,1-6H3,(H2,20,21,22);1H. The fourth-order valence-corrected chi connectivity index (χ4v) is 2.86. The van der Waals surface area contributed by atoms with Gasteiger partial charge in [0.05, 0.1) is 12.2 Å². The van der Waals surface area contributed by atoms with Crippen LogP contribution in [-0.2, 0) is 19.1 Å². The number of furan rings is 1. The maximum Gasteiger partial charge on any atom is 0.191 e. The molecular formula is C19H32IN5O2. The van der Waals surface area contributed by atoms with E-state index in [-0.39, 0.29) is 30.5 Å².